The Morgan fingerprint density at radius 1 is 1.25 bits per heavy atom. The van der Waals surface area contributed by atoms with Crippen LogP contribution in [0.25, 0.3) is 0 Å². The van der Waals surface area contributed by atoms with Crippen LogP contribution in [0.2, 0.25) is 0 Å². The van der Waals surface area contributed by atoms with Gasteiger partial charge in [0.2, 0.25) is 0 Å². The molecule has 0 aliphatic rings. The standard InChI is InChI=1S/C13H16IN3S2.HI/c1-15-13(17-9-11-3-2-8-18-11)16-7-6-10-4-5-12(14)19-10;/h2-5,8H,6-7,9H2,1H3,(H2,15,16,17);1H. The summed E-state index contributed by atoms with van der Waals surface area (Å²) in [6.45, 7) is 1.73. The normalized spacial score (nSPS) is 11.0. The van der Waals surface area contributed by atoms with Gasteiger partial charge in [-0.1, -0.05) is 6.07 Å². The molecule has 0 saturated carbocycles. The Bertz CT molecular complexity index is 523. The molecule has 0 unspecified atom stereocenters. The Labute approximate surface area is 158 Å². The van der Waals surface area contributed by atoms with Crippen molar-refractivity contribution in [3.63, 3.8) is 0 Å². The van der Waals surface area contributed by atoms with Crippen LogP contribution in [-0.4, -0.2) is 19.6 Å². The predicted molar refractivity (Wildman–Crippen MR) is 109 cm³/mol. The molecular formula is C13H17I2N3S2. The van der Waals surface area contributed by atoms with Gasteiger partial charge in [-0.2, -0.15) is 0 Å². The molecule has 0 fully saturated rings. The average molecular weight is 533 g/mol. The van der Waals surface area contributed by atoms with Gasteiger partial charge in [0.05, 0.1) is 9.43 Å². The first-order chi connectivity index (χ1) is 9.28. The van der Waals surface area contributed by atoms with Crippen molar-refractivity contribution in [2.24, 2.45) is 4.99 Å². The molecule has 20 heavy (non-hydrogen) atoms. The van der Waals surface area contributed by atoms with Crippen molar-refractivity contribution >= 4 is 75.2 Å². The molecule has 2 rings (SSSR count). The van der Waals surface area contributed by atoms with Crippen LogP contribution >= 0.6 is 69.2 Å². The van der Waals surface area contributed by atoms with Crippen LogP contribution in [-0.2, 0) is 13.0 Å². The Hall–Kier alpha value is 0.130. The molecule has 0 spiro atoms. The maximum atomic E-state index is 4.22. The number of guanidine groups is 1. The molecule has 0 aromatic carbocycles. The van der Waals surface area contributed by atoms with Crippen molar-refractivity contribution < 1.29 is 0 Å². The molecule has 0 aliphatic carbocycles. The van der Waals surface area contributed by atoms with Crippen LogP contribution in [0.3, 0.4) is 0 Å². The van der Waals surface area contributed by atoms with E-state index in [-0.39, 0.29) is 24.0 Å². The fourth-order valence-electron chi connectivity index (χ4n) is 1.59. The smallest absolute Gasteiger partial charge is 0.191 e. The predicted octanol–water partition coefficient (Wildman–Crippen LogP) is 3.94. The van der Waals surface area contributed by atoms with Gasteiger partial charge in [0, 0.05) is 23.3 Å². The molecular weight excluding hydrogens is 516 g/mol. The third-order valence-electron chi connectivity index (χ3n) is 2.53. The van der Waals surface area contributed by atoms with E-state index in [2.05, 4.69) is 67.9 Å². The molecule has 2 aromatic rings. The number of nitrogens with one attached hydrogen (secondary N) is 2. The van der Waals surface area contributed by atoms with E-state index in [4.69, 9.17) is 0 Å². The lowest BCUT2D eigenvalue weighted by Crippen LogP contribution is -2.37. The van der Waals surface area contributed by atoms with E-state index in [9.17, 15) is 0 Å². The Balaban J connectivity index is 0.00000200. The van der Waals surface area contributed by atoms with E-state index in [0.717, 1.165) is 25.5 Å². The molecule has 2 aromatic heterocycles. The maximum absolute atomic E-state index is 4.22. The summed E-state index contributed by atoms with van der Waals surface area (Å²) >= 11 is 5.96. The molecule has 3 nitrogen and oxygen atoms in total. The van der Waals surface area contributed by atoms with Gasteiger partial charge >= 0.3 is 0 Å². The second-order valence-electron chi connectivity index (χ2n) is 3.89. The average Bonchev–Trinajstić information content (AvgIpc) is 3.05. The van der Waals surface area contributed by atoms with Gasteiger partial charge in [0.1, 0.15) is 0 Å². The van der Waals surface area contributed by atoms with Crippen molar-refractivity contribution in [3.05, 3.63) is 42.3 Å². The second kappa shape index (κ2) is 9.96. The zero-order valence-electron chi connectivity index (χ0n) is 11.1. The van der Waals surface area contributed by atoms with Crippen molar-refractivity contribution in [1.29, 1.82) is 0 Å². The second-order valence-corrected chi connectivity index (χ2v) is 7.98. The zero-order chi connectivity index (χ0) is 13.5. The molecule has 0 amide bonds. The molecule has 0 bridgehead atoms. The van der Waals surface area contributed by atoms with Crippen molar-refractivity contribution in [2.75, 3.05) is 13.6 Å². The number of hydrogen-bond donors (Lipinski definition) is 2. The summed E-state index contributed by atoms with van der Waals surface area (Å²) in [7, 11) is 1.80. The zero-order valence-corrected chi connectivity index (χ0v) is 17.2. The van der Waals surface area contributed by atoms with Crippen molar-refractivity contribution in [2.45, 2.75) is 13.0 Å². The summed E-state index contributed by atoms with van der Waals surface area (Å²) in [6, 6.07) is 8.54. The first kappa shape index (κ1) is 18.2. The first-order valence-electron chi connectivity index (χ1n) is 5.99. The van der Waals surface area contributed by atoms with E-state index in [1.165, 1.54) is 12.6 Å². The highest BCUT2D eigenvalue weighted by molar-refractivity contribution is 14.1. The number of hydrogen-bond acceptors (Lipinski definition) is 3. The highest BCUT2D eigenvalue weighted by Gasteiger charge is 2.00. The van der Waals surface area contributed by atoms with Crippen LogP contribution in [0.1, 0.15) is 9.75 Å². The SMILES string of the molecule is CN=C(NCCc1ccc(I)s1)NCc1cccs1.I. The van der Waals surface area contributed by atoms with Crippen LogP contribution in [0.4, 0.5) is 0 Å². The molecule has 2 heterocycles. The lowest BCUT2D eigenvalue weighted by Gasteiger charge is -2.10. The summed E-state index contributed by atoms with van der Waals surface area (Å²) in [5, 5.41) is 8.74. The van der Waals surface area contributed by atoms with Crippen LogP contribution < -0.4 is 10.6 Å². The molecule has 7 heteroatoms. The van der Waals surface area contributed by atoms with Gasteiger partial charge in [0.15, 0.2) is 5.96 Å². The quantitative estimate of drug-likeness (QED) is 0.347. The van der Waals surface area contributed by atoms with Gasteiger partial charge in [-0.05, 0) is 52.6 Å². The highest BCUT2D eigenvalue weighted by Crippen LogP contribution is 2.18. The molecule has 0 atom stereocenters. The van der Waals surface area contributed by atoms with Crippen LogP contribution in [0.15, 0.2) is 34.6 Å². The van der Waals surface area contributed by atoms with Gasteiger partial charge in [-0.25, -0.2) is 0 Å². The first-order valence-corrected chi connectivity index (χ1v) is 8.76. The summed E-state index contributed by atoms with van der Waals surface area (Å²) in [6.07, 6.45) is 1.04. The summed E-state index contributed by atoms with van der Waals surface area (Å²) in [5.74, 6) is 0.861. The fourth-order valence-corrected chi connectivity index (χ4v) is 3.99. The van der Waals surface area contributed by atoms with Crippen molar-refractivity contribution in [1.82, 2.24) is 10.6 Å². The highest BCUT2D eigenvalue weighted by atomic mass is 127. The van der Waals surface area contributed by atoms with Gasteiger partial charge in [-0.15, -0.1) is 46.7 Å². The lowest BCUT2D eigenvalue weighted by molar-refractivity contribution is 0.804. The molecule has 2 N–H and O–H groups in total. The maximum Gasteiger partial charge on any atom is 0.191 e. The van der Waals surface area contributed by atoms with E-state index in [0.29, 0.717) is 0 Å². The van der Waals surface area contributed by atoms with Crippen molar-refractivity contribution in [3.8, 4) is 0 Å². The minimum atomic E-state index is 0. The van der Waals surface area contributed by atoms with E-state index in [1.54, 1.807) is 18.4 Å². The largest absolute Gasteiger partial charge is 0.356 e. The number of halogens is 2. The Morgan fingerprint density at radius 2 is 2.10 bits per heavy atom. The molecule has 0 radical (unpaired) electrons. The van der Waals surface area contributed by atoms with Gasteiger partial charge in [-0.3, -0.25) is 4.99 Å². The molecule has 0 aliphatic heterocycles. The van der Waals surface area contributed by atoms with Crippen LogP contribution in [0.5, 0.6) is 0 Å². The number of rotatable bonds is 5. The Kier molecular flexibility index (Phi) is 9.05. The third-order valence-corrected chi connectivity index (χ3v) is 5.36. The third kappa shape index (κ3) is 6.27. The van der Waals surface area contributed by atoms with Crippen LogP contribution in [0, 0.1) is 2.88 Å². The summed E-state index contributed by atoms with van der Waals surface area (Å²) in [5.41, 5.74) is 0. The van der Waals surface area contributed by atoms with Gasteiger partial charge < -0.3 is 10.6 Å². The summed E-state index contributed by atoms with van der Waals surface area (Å²) < 4.78 is 1.34. The topological polar surface area (TPSA) is 36.4 Å². The molecule has 110 valence electrons. The number of thiophene rings is 2. The minimum Gasteiger partial charge on any atom is -0.356 e. The number of nitrogens with zero attached hydrogens (tertiary/aromatic N) is 1. The monoisotopic (exact) mass is 533 g/mol. The fraction of sp³-hybridized carbons (Fsp3) is 0.308. The van der Waals surface area contributed by atoms with E-state index >= 15 is 0 Å². The molecule has 0 saturated heterocycles. The number of aliphatic imine (C=N–C) groups is 1. The minimum absolute atomic E-state index is 0. The van der Waals surface area contributed by atoms with E-state index < -0.39 is 0 Å². The Morgan fingerprint density at radius 3 is 2.70 bits per heavy atom. The lowest BCUT2D eigenvalue weighted by atomic mass is 10.3. The summed E-state index contributed by atoms with van der Waals surface area (Å²) in [4.78, 5) is 6.95. The van der Waals surface area contributed by atoms with Gasteiger partial charge in [0.25, 0.3) is 0 Å². The van der Waals surface area contributed by atoms with E-state index in [1.807, 2.05) is 11.3 Å².